The van der Waals surface area contributed by atoms with Crippen LogP contribution in [0.5, 0.6) is 0 Å². The van der Waals surface area contributed by atoms with E-state index in [0.29, 0.717) is 5.41 Å². The smallest absolute Gasteiger partial charge is 0.00178 e. The fourth-order valence-corrected chi connectivity index (χ4v) is 14.1. The lowest BCUT2D eigenvalue weighted by Gasteiger charge is -2.74. The molecule has 7 aliphatic rings. The standard InChI is InChI=1S/C54H44/c1-3-9-37-28-40(15-13-34(37)7-1)52-43-11-5-6-12-44(43)53(41-16-14-35-8-2-4-10-38(35)29-41)49-30-39(19-22-45(49)52)36-17-20-42(21-18-36)54-31-33-24-47-46-23-32(26-50(47)54)27-51(54)48(46)25-33/h1-22,28-30,32-33,46-48,50-51H,23-27,31H2. The molecule has 7 fully saturated rings. The number of rotatable bonds is 4. The van der Waals surface area contributed by atoms with Gasteiger partial charge in [0.1, 0.15) is 0 Å². The molecule has 8 aromatic rings. The first-order chi connectivity index (χ1) is 26.7. The highest BCUT2D eigenvalue weighted by Crippen LogP contribution is 2.76. The molecule has 15 rings (SSSR count). The first-order valence-electron chi connectivity index (χ1n) is 20.8. The third kappa shape index (κ3) is 4.04. The zero-order valence-electron chi connectivity index (χ0n) is 30.7. The largest absolute Gasteiger partial charge is 0.0616 e. The molecule has 54 heavy (non-hydrogen) atoms. The number of fused-ring (bicyclic) bond motifs is 4. The average molecular weight is 693 g/mol. The summed E-state index contributed by atoms with van der Waals surface area (Å²) in [6.07, 6.45) is 9.12. The second-order valence-corrected chi connectivity index (χ2v) is 18.1. The Bertz CT molecular complexity index is 2810. The van der Waals surface area contributed by atoms with Crippen molar-refractivity contribution in [2.45, 2.75) is 43.9 Å². The highest BCUT2D eigenvalue weighted by molar-refractivity contribution is 6.22. The van der Waals surface area contributed by atoms with E-state index in [1.807, 2.05) is 0 Å². The number of hydrogen-bond donors (Lipinski definition) is 0. The minimum absolute atomic E-state index is 0.447. The maximum atomic E-state index is 2.59. The fraction of sp³-hybridized carbons (Fsp3) is 0.259. The van der Waals surface area contributed by atoms with E-state index in [9.17, 15) is 0 Å². The van der Waals surface area contributed by atoms with Crippen molar-refractivity contribution < 1.29 is 0 Å². The van der Waals surface area contributed by atoms with E-state index >= 15 is 0 Å². The third-order valence-electron chi connectivity index (χ3n) is 15.9. The predicted octanol–water partition coefficient (Wildman–Crippen LogP) is 14.3. The molecule has 8 bridgehead atoms. The van der Waals surface area contributed by atoms with Gasteiger partial charge in [-0.3, -0.25) is 0 Å². The van der Waals surface area contributed by atoms with E-state index in [-0.39, 0.29) is 0 Å². The molecule has 0 amide bonds. The van der Waals surface area contributed by atoms with Crippen molar-refractivity contribution in [2.75, 3.05) is 0 Å². The van der Waals surface area contributed by atoms with Gasteiger partial charge in [0.25, 0.3) is 0 Å². The van der Waals surface area contributed by atoms with Gasteiger partial charge in [-0.1, -0.05) is 133 Å². The molecule has 4 unspecified atom stereocenters. The molecule has 0 aromatic heterocycles. The molecule has 7 aliphatic carbocycles. The molecular formula is C54H44. The van der Waals surface area contributed by atoms with Crippen LogP contribution in [-0.4, -0.2) is 0 Å². The molecule has 0 heterocycles. The Balaban J connectivity index is 1.01. The molecule has 0 nitrogen and oxygen atoms in total. The van der Waals surface area contributed by atoms with Gasteiger partial charge < -0.3 is 0 Å². The molecule has 0 heteroatoms. The summed E-state index contributed by atoms with van der Waals surface area (Å²) in [5.41, 5.74) is 9.98. The van der Waals surface area contributed by atoms with Crippen LogP contribution in [0.2, 0.25) is 0 Å². The van der Waals surface area contributed by atoms with Crippen LogP contribution in [0.25, 0.3) is 76.5 Å². The van der Waals surface area contributed by atoms with E-state index in [0.717, 1.165) is 41.4 Å². The summed E-state index contributed by atoms with van der Waals surface area (Å²) in [6.45, 7) is 0. The van der Waals surface area contributed by atoms with Gasteiger partial charge in [0, 0.05) is 5.41 Å². The van der Waals surface area contributed by atoms with Crippen molar-refractivity contribution in [3.05, 3.63) is 157 Å². The molecule has 0 N–H and O–H groups in total. The molecule has 260 valence electrons. The summed E-state index contributed by atoms with van der Waals surface area (Å²) in [4.78, 5) is 0. The van der Waals surface area contributed by atoms with Crippen LogP contribution >= 0.6 is 0 Å². The Morgan fingerprint density at radius 3 is 1.48 bits per heavy atom. The lowest BCUT2D eigenvalue weighted by molar-refractivity contribution is -0.220. The maximum absolute atomic E-state index is 2.59. The lowest BCUT2D eigenvalue weighted by Crippen LogP contribution is -2.69. The van der Waals surface area contributed by atoms with Gasteiger partial charge in [-0.25, -0.2) is 0 Å². The summed E-state index contributed by atoms with van der Waals surface area (Å²) in [6, 6.07) is 58.2. The van der Waals surface area contributed by atoms with Crippen molar-refractivity contribution in [2.24, 2.45) is 41.4 Å². The highest BCUT2D eigenvalue weighted by atomic mass is 14.7. The zero-order valence-corrected chi connectivity index (χ0v) is 30.7. The molecule has 7 saturated carbocycles. The van der Waals surface area contributed by atoms with E-state index in [1.54, 1.807) is 12.0 Å². The van der Waals surface area contributed by atoms with Crippen molar-refractivity contribution >= 4 is 43.1 Å². The van der Waals surface area contributed by atoms with Crippen LogP contribution < -0.4 is 0 Å². The Kier molecular flexibility index (Phi) is 6.11. The SMILES string of the molecule is c1ccc2cc(-c3c4ccccc4c(-c4ccc5ccccc5c4)c4cc(-c5ccc(C67CC8CC9C%10CC(CC96)CC7C%10C8)cc5)ccc34)ccc2c1. The third-order valence-corrected chi connectivity index (χ3v) is 15.9. The Morgan fingerprint density at radius 1 is 0.352 bits per heavy atom. The monoisotopic (exact) mass is 692 g/mol. The van der Waals surface area contributed by atoms with Gasteiger partial charge in [-0.15, -0.1) is 0 Å². The van der Waals surface area contributed by atoms with E-state index < -0.39 is 0 Å². The van der Waals surface area contributed by atoms with E-state index in [4.69, 9.17) is 0 Å². The predicted molar refractivity (Wildman–Crippen MR) is 227 cm³/mol. The minimum atomic E-state index is 0.447. The molecule has 0 radical (unpaired) electrons. The molecule has 0 aliphatic heterocycles. The van der Waals surface area contributed by atoms with Gasteiger partial charge in [0.2, 0.25) is 0 Å². The molecule has 0 spiro atoms. The van der Waals surface area contributed by atoms with Crippen molar-refractivity contribution in [1.82, 2.24) is 0 Å². The summed E-state index contributed by atoms with van der Waals surface area (Å²) in [5, 5.41) is 10.4. The summed E-state index contributed by atoms with van der Waals surface area (Å²) in [5.74, 6) is 6.94. The van der Waals surface area contributed by atoms with Gasteiger partial charge in [0.15, 0.2) is 0 Å². The molecule has 0 saturated heterocycles. The van der Waals surface area contributed by atoms with Crippen LogP contribution in [-0.2, 0) is 5.41 Å². The van der Waals surface area contributed by atoms with Crippen LogP contribution in [0.1, 0.15) is 44.1 Å². The Morgan fingerprint density at radius 2 is 0.852 bits per heavy atom. The second-order valence-electron chi connectivity index (χ2n) is 18.1. The minimum Gasteiger partial charge on any atom is -0.0616 e. The summed E-state index contributed by atoms with van der Waals surface area (Å²) in [7, 11) is 0. The quantitative estimate of drug-likeness (QED) is 0.161. The molecule has 4 atom stereocenters. The number of hydrogen-bond acceptors (Lipinski definition) is 0. The lowest BCUT2D eigenvalue weighted by atomic mass is 9.30. The topological polar surface area (TPSA) is 0 Å². The first-order valence-corrected chi connectivity index (χ1v) is 20.8. The summed E-state index contributed by atoms with van der Waals surface area (Å²) < 4.78 is 0. The van der Waals surface area contributed by atoms with Crippen molar-refractivity contribution in [3.63, 3.8) is 0 Å². The maximum Gasteiger partial charge on any atom is 0.00178 e. The van der Waals surface area contributed by atoms with Gasteiger partial charge in [-0.2, -0.15) is 0 Å². The van der Waals surface area contributed by atoms with Crippen LogP contribution in [0.15, 0.2) is 152 Å². The van der Waals surface area contributed by atoms with Gasteiger partial charge >= 0.3 is 0 Å². The van der Waals surface area contributed by atoms with E-state index in [1.165, 1.54) is 109 Å². The van der Waals surface area contributed by atoms with Gasteiger partial charge in [-0.05, 0) is 180 Å². The van der Waals surface area contributed by atoms with E-state index in [2.05, 4.69) is 152 Å². The molecular weight excluding hydrogens is 649 g/mol. The zero-order chi connectivity index (χ0) is 35.1. The Labute approximate surface area is 317 Å². The van der Waals surface area contributed by atoms with Crippen LogP contribution in [0.4, 0.5) is 0 Å². The van der Waals surface area contributed by atoms with Crippen LogP contribution in [0.3, 0.4) is 0 Å². The molecule has 8 aromatic carbocycles. The summed E-state index contributed by atoms with van der Waals surface area (Å²) >= 11 is 0. The van der Waals surface area contributed by atoms with Gasteiger partial charge in [0.05, 0.1) is 0 Å². The van der Waals surface area contributed by atoms with Crippen molar-refractivity contribution in [3.8, 4) is 33.4 Å². The second kappa shape index (κ2) is 10.9. The highest BCUT2D eigenvalue weighted by Gasteiger charge is 2.70. The average Bonchev–Trinajstić information content (AvgIpc) is 3.24. The Hall–Kier alpha value is -5.20. The first kappa shape index (κ1) is 30.2. The van der Waals surface area contributed by atoms with Crippen molar-refractivity contribution in [1.29, 1.82) is 0 Å². The van der Waals surface area contributed by atoms with Crippen LogP contribution in [0, 0.1) is 41.4 Å². The fourth-order valence-electron chi connectivity index (χ4n) is 14.1. The number of benzene rings is 8. The normalized spacial score (nSPS) is 28.9.